The number of thiophene rings is 1. The SMILES string of the molecule is CC(=O)N1CC[C@H](N(C)c2nc(OC[C@@]34CCCN3C[C@H](F)C4)nc3c(F)c(-c4ccc(F)c5sc(N)c(C#N)c45)c(C(F)(F)F)cc23)[C@@H]1C. The Morgan fingerprint density at radius 3 is 2.70 bits per heavy atom. The minimum absolute atomic E-state index is 0.0204. The molecule has 0 aliphatic carbocycles. The van der Waals surface area contributed by atoms with E-state index in [2.05, 4.69) is 9.97 Å². The molecule has 2 aromatic heterocycles. The number of carbonyl (C=O) groups is 1. The zero-order chi connectivity index (χ0) is 35.9. The van der Waals surface area contributed by atoms with Crippen LogP contribution in [0.4, 0.5) is 37.2 Å². The standard InChI is InChI=1S/C34H33F6N7O2S/c1-16-24(7-10-47(16)17(2)48)45(3)31-20-11-22(34(38,39)40)26(19-5-6-23(36)29-25(19)21(13-41)30(42)50-29)27(37)28(20)43-32(44-31)49-15-33-8-4-9-46(33)14-18(35)12-33/h5-6,11,16,18,24H,4,7-10,12,14-15,42H2,1-3H3/t16-,18+,24-,33-/m0/s1. The van der Waals surface area contributed by atoms with Gasteiger partial charge in [0.1, 0.15) is 41.0 Å². The summed E-state index contributed by atoms with van der Waals surface area (Å²) in [5, 5.41) is 9.19. The van der Waals surface area contributed by atoms with Gasteiger partial charge in [0.05, 0.1) is 27.4 Å². The van der Waals surface area contributed by atoms with Gasteiger partial charge in [0.25, 0.3) is 0 Å². The molecule has 7 rings (SSSR count). The first-order valence-corrected chi connectivity index (χ1v) is 17.0. The summed E-state index contributed by atoms with van der Waals surface area (Å²) in [6.45, 7) is 4.57. The van der Waals surface area contributed by atoms with Gasteiger partial charge in [0.2, 0.25) is 5.91 Å². The molecular weight excluding hydrogens is 684 g/mol. The maximum absolute atomic E-state index is 17.1. The predicted molar refractivity (Wildman–Crippen MR) is 177 cm³/mol. The number of hydrogen-bond acceptors (Lipinski definition) is 9. The average Bonchev–Trinajstić information content (AvgIpc) is 3.80. The van der Waals surface area contributed by atoms with E-state index in [1.807, 2.05) is 17.9 Å². The maximum Gasteiger partial charge on any atom is 0.417 e. The third-order valence-electron chi connectivity index (χ3n) is 10.6. The fraction of sp³-hybridized carbons (Fsp3) is 0.471. The first-order valence-electron chi connectivity index (χ1n) is 16.2. The molecule has 0 radical (unpaired) electrons. The van der Waals surface area contributed by atoms with E-state index in [9.17, 15) is 32.0 Å². The number of aromatic nitrogens is 2. The topological polar surface area (TPSA) is 112 Å². The van der Waals surface area contributed by atoms with Crippen molar-refractivity contribution >= 4 is 49.1 Å². The van der Waals surface area contributed by atoms with Crippen molar-refractivity contribution in [1.29, 1.82) is 5.26 Å². The van der Waals surface area contributed by atoms with Gasteiger partial charge in [-0.2, -0.15) is 28.4 Å². The molecule has 3 saturated heterocycles. The first-order chi connectivity index (χ1) is 23.6. The number of nitriles is 1. The second-order valence-corrected chi connectivity index (χ2v) is 14.4. The summed E-state index contributed by atoms with van der Waals surface area (Å²) in [7, 11) is 1.61. The quantitative estimate of drug-likeness (QED) is 0.221. The molecule has 0 unspecified atom stereocenters. The molecule has 5 heterocycles. The molecule has 1 amide bonds. The molecule has 3 aliphatic rings. The zero-order valence-corrected chi connectivity index (χ0v) is 28.2. The Morgan fingerprint density at radius 2 is 2.02 bits per heavy atom. The Bertz CT molecular complexity index is 2080. The van der Waals surface area contributed by atoms with Gasteiger partial charge in [0, 0.05) is 55.9 Å². The average molecular weight is 718 g/mol. The summed E-state index contributed by atoms with van der Waals surface area (Å²) in [6.07, 6.45) is -3.99. The molecule has 2 N–H and O–H groups in total. The number of fused-ring (bicyclic) bond motifs is 3. The summed E-state index contributed by atoms with van der Waals surface area (Å²) < 4.78 is 97.4. The highest BCUT2D eigenvalue weighted by molar-refractivity contribution is 7.23. The molecule has 4 aromatic rings. The third-order valence-corrected chi connectivity index (χ3v) is 11.6. The number of halogens is 6. The van der Waals surface area contributed by atoms with Crippen LogP contribution in [0.15, 0.2) is 18.2 Å². The molecule has 264 valence electrons. The number of benzene rings is 2. The van der Waals surface area contributed by atoms with E-state index < -0.39 is 52.2 Å². The fourth-order valence-electron chi connectivity index (χ4n) is 8.21. The summed E-state index contributed by atoms with van der Waals surface area (Å²) >= 11 is 0.678. The van der Waals surface area contributed by atoms with Gasteiger partial charge in [-0.25, -0.2) is 13.2 Å². The minimum atomic E-state index is -5.12. The lowest BCUT2D eigenvalue weighted by molar-refractivity contribution is -0.137. The monoisotopic (exact) mass is 717 g/mol. The van der Waals surface area contributed by atoms with Crippen molar-refractivity contribution in [1.82, 2.24) is 19.8 Å². The largest absolute Gasteiger partial charge is 0.461 e. The van der Waals surface area contributed by atoms with E-state index in [0.717, 1.165) is 24.6 Å². The van der Waals surface area contributed by atoms with E-state index in [0.29, 0.717) is 37.3 Å². The maximum atomic E-state index is 17.1. The first kappa shape index (κ1) is 34.1. The molecule has 9 nitrogen and oxygen atoms in total. The van der Waals surface area contributed by atoms with Gasteiger partial charge in [-0.1, -0.05) is 6.07 Å². The predicted octanol–water partition coefficient (Wildman–Crippen LogP) is 6.66. The summed E-state index contributed by atoms with van der Waals surface area (Å²) in [5.74, 6) is -2.43. The van der Waals surface area contributed by atoms with Crippen molar-refractivity contribution < 1.29 is 35.9 Å². The Labute approximate surface area is 287 Å². The van der Waals surface area contributed by atoms with E-state index >= 15 is 4.39 Å². The third kappa shape index (κ3) is 5.36. The van der Waals surface area contributed by atoms with Gasteiger partial charge in [0.15, 0.2) is 5.82 Å². The number of likely N-dealkylation sites (N-methyl/N-ethyl adjacent to an activating group) is 1. The van der Waals surface area contributed by atoms with Gasteiger partial charge < -0.3 is 20.3 Å². The number of ether oxygens (including phenoxy) is 1. The molecule has 0 saturated carbocycles. The molecule has 50 heavy (non-hydrogen) atoms. The van der Waals surface area contributed by atoms with Gasteiger partial charge in [-0.05, 0) is 50.4 Å². The van der Waals surface area contributed by atoms with Crippen LogP contribution in [-0.4, -0.2) is 82.8 Å². The Morgan fingerprint density at radius 1 is 1.26 bits per heavy atom. The lowest BCUT2D eigenvalue weighted by Gasteiger charge is -2.33. The number of likely N-dealkylation sites (tertiary alicyclic amines) is 1. The molecule has 2 aromatic carbocycles. The van der Waals surface area contributed by atoms with Crippen LogP contribution < -0.4 is 15.4 Å². The number of hydrogen-bond donors (Lipinski definition) is 1. The number of carbonyl (C=O) groups excluding carboxylic acids is 1. The molecule has 0 spiro atoms. The number of rotatable bonds is 6. The van der Waals surface area contributed by atoms with E-state index in [1.165, 1.54) is 6.92 Å². The molecule has 0 bridgehead atoms. The van der Waals surface area contributed by atoms with Crippen molar-refractivity contribution in [3.8, 4) is 23.2 Å². The molecule has 4 atom stereocenters. The van der Waals surface area contributed by atoms with E-state index in [4.69, 9.17) is 10.5 Å². The van der Waals surface area contributed by atoms with Crippen LogP contribution in [0.2, 0.25) is 0 Å². The van der Waals surface area contributed by atoms with Gasteiger partial charge in [-0.3, -0.25) is 9.69 Å². The number of amides is 1. The number of nitrogens with two attached hydrogens (primary N) is 1. The van der Waals surface area contributed by atoms with Crippen LogP contribution >= 0.6 is 11.3 Å². The lowest BCUT2D eigenvalue weighted by atomic mass is 9.92. The molecule has 16 heteroatoms. The van der Waals surface area contributed by atoms with Gasteiger partial charge >= 0.3 is 12.2 Å². The van der Waals surface area contributed by atoms with Crippen LogP contribution in [0, 0.1) is 23.0 Å². The van der Waals surface area contributed by atoms with E-state index in [-0.39, 0.29) is 75.0 Å². The Balaban J connectivity index is 1.45. The van der Waals surface area contributed by atoms with Crippen molar-refractivity contribution in [3.05, 3.63) is 41.0 Å². The lowest BCUT2D eigenvalue weighted by Crippen LogP contribution is -2.44. The highest BCUT2D eigenvalue weighted by atomic mass is 32.1. The van der Waals surface area contributed by atoms with Crippen molar-refractivity contribution in [3.63, 3.8) is 0 Å². The normalized spacial score (nSPS) is 23.9. The van der Waals surface area contributed by atoms with Crippen LogP contribution in [0.25, 0.3) is 32.1 Å². The smallest absolute Gasteiger partial charge is 0.417 e. The Hall–Kier alpha value is -4.36. The van der Waals surface area contributed by atoms with Crippen LogP contribution in [-0.2, 0) is 11.0 Å². The summed E-state index contributed by atoms with van der Waals surface area (Å²) in [6, 6.07) is 3.39. The number of nitrogen functional groups attached to an aromatic ring is 1. The fourth-order valence-corrected chi connectivity index (χ4v) is 9.16. The van der Waals surface area contributed by atoms with Gasteiger partial charge in [-0.15, -0.1) is 11.3 Å². The number of anilines is 2. The highest BCUT2D eigenvalue weighted by Gasteiger charge is 2.49. The van der Waals surface area contributed by atoms with Crippen LogP contribution in [0.5, 0.6) is 6.01 Å². The molecule has 3 aliphatic heterocycles. The number of nitrogens with zero attached hydrogens (tertiary/aromatic N) is 6. The zero-order valence-electron chi connectivity index (χ0n) is 27.4. The van der Waals surface area contributed by atoms with Crippen LogP contribution in [0.1, 0.15) is 50.7 Å². The summed E-state index contributed by atoms with van der Waals surface area (Å²) in [5.41, 5.74) is 1.86. The second kappa shape index (κ2) is 12.2. The van der Waals surface area contributed by atoms with Crippen LogP contribution in [0.3, 0.4) is 0 Å². The Kier molecular flexibility index (Phi) is 8.29. The minimum Gasteiger partial charge on any atom is -0.461 e. The highest BCUT2D eigenvalue weighted by Crippen LogP contribution is 2.48. The second-order valence-electron chi connectivity index (χ2n) is 13.4. The van der Waals surface area contributed by atoms with Crippen molar-refractivity contribution in [2.75, 3.05) is 43.9 Å². The molecular formula is C34H33F6N7O2S. The van der Waals surface area contributed by atoms with E-state index in [1.54, 1.807) is 16.8 Å². The number of alkyl halides is 4. The summed E-state index contributed by atoms with van der Waals surface area (Å²) in [4.78, 5) is 26.4. The van der Waals surface area contributed by atoms with Crippen molar-refractivity contribution in [2.45, 2.75) is 69.5 Å². The van der Waals surface area contributed by atoms with Crippen molar-refractivity contribution in [2.24, 2.45) is 0 Å². The molecule has 3 fully saturated rings.